The summed E-state index contributed by atoms with van der Waals surface area (Å²) in [5.41, 5.74) is 2.46. The second kappa shape index (κ2) is 7.11. The molecule has 1 aromatic heterocycles. The summed E-state index contributed by atoms with van der Waals surface area (Å²) in [6.07, 6.45) is 3.74. The molecule has 0 saturated carbocycles. The van der Waals surface area contributed by atoms with E-state index >= 15 is 0 Å². The number of hydrogen-bond donors (Lipinski definition) is 1. The molecule has 0 bridgehead atoms. The maximum atomic E-state index is 12.2. The number of hydrogen-bond acceptors (Lipinski definition) is 2. The molecule has 2 rings (SSSR count). The van der Waals surface area contributed by atoms with Crippen molar-refractivity contribution < 1.29 is 9.21 Å². The van der Waals surface area contributed by atoms with E-state index in [0.29, 0.717) is 11.7 Å². The van der Waals surface area contributed by atoms with Crippen LogP contribution in [0.3, 0.4) is 0 Å². The van der Waals surface area contributed by atoms with Crippen molar-refractivity contribution in [1.82, 2.24) is 5.32 Å². The molecular weight excluding hydrogens is 262 g/mol. The van der Waals surface area contributed by atoms with Gasteiger partial charge in [-0.2, -0.15) is 0 Å². The first-order valence-electron chi connectivity index (χ1n) is 7.55. The lowest BCUT2D eigenvalue weighted by molar-refractivity contribution is 0.0897. The van der Waals surface area contributed by atoms with Gasteiger partial charge in [0.1, 0.15) is 0 Å². The van der Waals surface area contributed by atoms with Crippen molar-refractivity contribution in [1.29, 1.82) is 0 Å². The van der Waals surface area contributed by atoms with Gasteiger partial charge in [-0.15, -0.1) is 0 Å². The van der Waals surface area contributed by atoms with E-state index in [9.17, 15) is 4.79 Å². The molecule has 1 aromatic carbocycles. The Balaban J connectivity index is 2.13. The average Bonchev–Trinajstić information content (AvgIpc) is 3.00. The number of benzene rings is 1. The minimum atomic E-state index is -0.170. The standard InChI is InChI=1S/C18H23NO2/c1-4-6-14-8-10-15(11-9-14)17(13(2)3)19-18(20)16-7-5-12-21-16/h5,7-13,17H,4,6H2,1-3H3,(H,19,20). The SMILES string of the molecule is CCCc1ccc(C(NC(=O)c2ccco2)C(C)C)cc1. The second-order valence-corrected chi connectivity index (χ2v) is 5.66. The number of nitrogens with one attached hydrogen (secondary N) is 1. The first-order chi connectivity index (χ1) is 10.1. The molecule has 0 fully saturated rings. The van der Waals surface area contributed by atoms with E-state index in [-0.39, 0.29) is 11.9 Å². The Morgan fingerprint density at radius 2 is 1.90 bits per heavy atom. The molecule has 1 amide bonds. The van der Waals surface area contributed by atoms with Gasteiger partial charge in [0.2, 0.25) is 0 Å². The normalized spacial score (nSPS) is 12.4. The molecule has 0 saturated heterocycles. The Morgan fingerprint density at radius 3 is 2.43 bits per heavy atom. The fraction of sp³-hybridized carbons (Fsp3) is 0.389. The van der Waals surface area contributed by atoms with E-state index in [1.807, 2.05) is 0 Å². The Labute approximate surface area is 126 Å². The topological polar surface area (TPSA) is 42.2 Å². The lowest BCUT2D eigenvalue weighted by atomic mass is 9.94. The Morgan fingerprint density at radius 1 is 1.19 bits per heavy atom. The molecule has 0 aliphatic rings. The molecule has 21 heavy (non-hydrogen) atoms. The van der Waals surface area contributed by atoms with E-state index < -0.39 is 0 Å². The summed E-state index contributed by atoms with van der Waals surface area (Å²) in [6.45, 7) is 6.38. The molecule has 0 aliphatic heterocycles. The fourth-order valence-electron chi connectivity index (χ4n) is 2.44. The van der Waals surface area contributed by atoms with Crippen LogP contribution in [-0.4, -0.2) is 5.91 Å². The van der Waals surface area contributed by atoms with Crippen LogP contribution in [0.15, 0.2) is 47.1 Å². The van der Waals surface area contributed by atoms with Crippen LogP contribution in [0.25, 0.3) is 0 Å². The third-order valence-corrected chi connectivity index (χ3v) is 3.58. The smallest absolute Gasteiger partial charge is 0.287 e. The van der Waals surface area contributed by atoms with E-state index in [1.54, 1.807) is 12.1 Å². The van der Waals surface area contributed by atoms with Gasteiger partial charge in [-0.25, -0.2) is 0 Å². The molecule has 2 aromatic rings. The van der Waals surface area contributed by atoms with Crippen LogP contribution in [-0.2, 0) is 6.42 Å². The summed E-state index contributed by atoms with van der Waals surface area (Å²) in [7, 11) is 0. The highest BCUT2D eigenvalue weighted by Crippen LogP contribution is 2.23. The highest BCUT2D eigenvalue weighted by atomic mass is 16.3. The molecule has 1 heterocycles. The molecular formula is C18H23NO2. The van der Waals surface area contributed by atoms with E-state index in [0.717, 1.165) is 18.4 Å². The Bertz CT molecular complexity index is 555. The summed E-state index contributed by atoms with van der Waals surface area (Å²) in [4.78, 5) is 12.2. The van der Waals surface area contributed by atoms with Crippen LogP contribution in [0.1, 0.15) is 54.9 Å². The monoisotopic (exact) mass is 285 g/mol. The number of rotatable bonds is 6. The van der Waals surface area contributed by atoms with Gasteiger partial charge in [0.25, 0.3) is 5.91 Å². The molecule has 0 radical (unpaired) electrons. The molecule has 112 valence electrons. The molecule has 1 N–H and O–H groups in total. The fourth-order valence-corrected chi connectivity index (χ4v) is 2.44. The van der Waals surface area contributed by atoms with Crippen LogP contribution >= 0.6 is 0 Å². The minimum Gasteiger partial charge on any atom is -0.459 e. The molecule has 1 unspecified atom stereocenters. The van der Waals surface area contributed by atoms with Crippen LogP contribution < -0.4 is 5.32 Å². The van der Waals surface area contributed by atoms with Crippen molar-refractivity contribution in [2.45, 2.75) is 39.7 Å². The summed E-state index contributed by atoms with van der Waals surface area (Å²) < 4.78 is 5.15. The number of amides is 1. The third kappa shape index (κ3) is 3.97. The summed E-state index contributed by atoms with van der Waals surface area (Å²) >= 11 is 0. The maximum Gasteiger partial charge on any atom is 0.287 e. The largest absolute Gasteiger partial charge is 0.459 e. The number of furan rings is 1. The highest BCUT2D eigenvalue weighted by Gasteiger charge is 2.20. The minimum absolute atomic E-state index is 0.0155. The predicted molar refractivity (Wildman–Crippen MR) is 84.2 cm³/mol. The zero-order chi connectivity index (χ0) is 15.2. The molecule has 1 atom stereocenters. The zero-order valence-corrected chi connectivity index (χ0v) is 12.9. The molecule has 3 heteroatoms. The van der Waals surface area contributed by atoms with Crippen LogP contribution in [0.5, 0.6) is 0 Å². The van der Waals surface area contributed by atoms with Gasteiger partial charge in [0.05, 0.1) is 12.3 Å². The van der Waals surface area contributed by atoms with Gasteiger partial charge in [-0.1, -0.05) is 51.5 Å². The predicted octanol–water partition coefficient (Wildman–Crippen LogP) is 4.36. The van der Waals surface area contributed by atoms with E-state index in [4.69, 9.17) is 4.42 Å². The lowest BCUT2D eigenvalue weighted by Gasteiger charge is -2.22. The molecule has 0 spiro atoms. The average molecular weight is 285 g/mol. The van der Waals surface area contributed by atoms with Gasteiger partial charge in [-0.05, 0) is 35.6 Å². The summed E-state index contributed by atoms with van der Waals surface area (Å²) in [6, 6.07) is 11.9. The van der Waals surface area contributed by atoms with Gasteiger partial charge in [0.15, 0.2) is 5.76 Å². The summed E-state index contributed by atoms with van der Waals surface area (Å²) in [5, 5.41) is 3.05. The lowest BCUT2D eigenvalue weighted by Crippen LogP contribution is -2.31. The molecule has 3 nitrogen and oxygen atoms in total. The van der Waals surface area contributed by atoms with E-state index in [2.05, 4.69) is 50.4 Å². The first kappa shape index (κ1) is 15.4. The zero-order valence-electron chi connectivity index (χ0n) is 12.9. The van der Waals surface area contributed by atoms with Crippen molar-refractivity contribution >= 4 is 5.91 Å². The quantitative estimate of drug-likeness (QED) is 0.857. The van der Waals surface area contributed by atoms with Crippen molar-refractivity contribution in [2.75, 3.05) is 0 Å². The van der Waals surface area contributed by atoms with Gasteiger partial charge < -0.3 is 9.73 Å². The number of aryl methyl sites for hydroxylation is 1. The van der Waals surface area contributed by atoms with E-state index in [1.165, 1.54) is 11.8 Å². The second-order valence-electron chi connectivity index (χ2n) is 5.66. The number of carbonyl (C=O) groups is 1. The first-order valence-corrected chi connectivity index (χ1v) is 7.55. The van der Waals surface area contributed by atoms with Crippen molar-refractivity contribution in [3.8, 4) is 0 Å². The Kier molecular flexibility index (Phi) is 5.20. The Hall–Kier alpha value is -2.03. The van der Waals surface area contributed by atoms with Crippen molar-refractivity contribution in [2.24, 2.45) is 5.92 Å². The number of carbonyl (C=O) groups excluding carboxylic acids is 1. The van der Waals surface area contributed by atoms with Crippen LogP contribution in [0, 0.1) is 5.92 Å². The van der Waals surface area contributed by atoms with Gasteiger partial charge >= 0.3 is 0 Å². The van der Waals surface area contributed by atoms with Gasteiger partial charge in [0, 0.05) is 0 Å². The third-order valence-electron chi connectivity index (χ3n) is 3.58. The molecule has 0 aliphatic carbocycles. The van der Waals surface area contributed by atoms with Crippen LogP contribution in [0.2, 0.25) is 0 Å². The van der Waals surface area contributed by atoms with Crippen molar-refractivity contribution in [3.05, 3.63) is 59.5 Å². The van der Waals surface area contributed by atoms with Gasteiger partial charge in [-0.3, -0.25) is 4.79 Å². The van der Waals surface area contributed by atoms with Crippen molar-refractivity contribution in [3.63, 3.8) is 0 Å². The van der Waals surface area contributed by atoms with Crippen LogP contribution in [0.4, 0.5) is 0 Å². The summed E-state index contributed by atoms with van der Waals surface area (Å²) in [5.74, 6) is 0.487. The highest BCUT2D eigenvalue weighted by molar-refractivity contribution is 5.91. The maximum absolute atomic E-state index is 12.2.